The van der Waals surface area contributed by atoms with Crippen LogP contribution in [-0.2, 0) is 0 Å². The highest BCUT2D eigenvalue weighted by molar-refractivity contribution is 7.13. The molecule has 0 amide bonds. The lowest BCUT2D eigenvalue weighted by Crippen LogP contribution is -2.70. The van der Waals surface area contributed by atoms with Crippen LogP contribution < -0.4 is 29.8 Å². The maximum Gasteiger partial charge on any atom is 0.159 e. The lowest BCUT2D eigenvalue weighted by molar-refractivity contribution is 0.412. The first-order chi connectivity index (χ1) is 17.6. The molecule has 1 aliphatic rings. The molecule has 0 aromatic heterocycles. The molecule has 37 heavy (non-hydrogen) atoms. The summed E-state index contributed by atoms with van der Waals surface area (Å²) in [5.41, 5.74) is 9.34. The fourth-order valence-electron chi connectivity index (χ4n) is 6.19. The molecule has 4 rings (SSSR count). The van der Waals surface area contributed by atoms with Crippen molar-refractivity contribution in [3.63, 3.8) is 0 Å². The lowest BCUT2D eigenvalue weighted by atomic mass is 10.1. The third-order valence-electron chi connectivity index (χ3n) is 8.63. The van der Waals surface area contributed by atoms with Crippen molar-refractivity contribution in [3.05, 3.63) is 93.6 Å². The average molecular weight is 513 g/mol. The van der Waals surface area contributed by atoms with Gasteiger partial charge in [-0.1, -0.05) is 47.5 Å². The van der Waals surface area contributed by atoms with Crippen LogP contribution in [0.15, 0.2) is 76.9 Å². The van der Waals surface area contributed by atoms with Crippen molar-refractivity contribution in [1.82, 2.24) is 0 Å². The highest BCUT2D eigenvalue weighted by Crippen LogP contribution is 2.47. The zero-order chi connectivity index (χ0) is 27.1. The monoisotopic (exact) mass is 512 g/mol. The first-order valence-corrected chi connectivity index (χ1v) is 15.0. The normalized spacial score (nSPS) is 14.4. The number of aryl methyl sites for hydroxylation is 3. The first kappa shape index (κ1) is 26.8. The Labute approximate surface area is 223 Å². The molecule has 3 aromatic rings. The molecule has 0 unspecified atom stereocenters. The number of allylic oxidation sites excluding steroid dienone is 4. The third kappa shape index (κ3) is 4.21. The van der Waals surface area contributed by atoms with E-state index in [4.69, 9.17) is 14.2 Å². The Morgan fingerprint density at radius 2 is 0.784 bits per heavy atom. The first-order valence-electron chi connectivity index (χ1n) is 12.9. The Kier molecular flexibility index (Phi) is 7.43. The summed E-state index contributed by atoms with van der Waals surface area (Å²) in [5, 5.41) is 3.95. The van der Waals surface area contributed by atoms with Crippen molar-refractivity contribution in [2.75, 3.05) is 21.3 Å². The summed E-state index contributed by atoms with van der Waals surface area (Å²) >= 11 is 0. The molecule has 0 saturated heterocycles. The van der Waals surface area contributed by atoms with Gasteiger partial charge in [0.05, 0.1) is 21.3 Å². The van der Waals surface area contributed by atoms with Gasteiger partial charge in [0.15, 0.2) is 8.07 Å². The molecule has 0 atom stereocenters. The van der Waals surface area contributed by atoms with Crippen LogP contribution in [0.1, 0.15) is 44.4 Å². The van der Waals surface area contributed by atoms with E-state index in [-0.39, 0.29) is 5.54 Å². The van der Waals surface area contributed by atoms with Gasteiger partial charge >= 0.3 is 0 Å². The Balaban J connectivity index is 2.25. The summed E-state index contributed by atoms with van der Waals surface area (Å²) in [4.78, 5) is 0. The molecule has 0 radical (unpaired) electrons. The van der Waals surface area contributed by atoms with E-state index in [1.165, 1.54) is 37.9 Å². The van der Waals surface area contributed by atoms with Crippen LogP contribution in [0.2, 0.25) is 5.54 Å². The smallest absolute Gasteiger partial charge is 0.159 e. The van der Waals surface area contributed by atoms with Crippen molar-refractivity contribution >= 4 is 23.6 Å². The summed E-state index contributed by atoms with van der Waals surface area (Å²) < 4.78 is 17.7. The van der Waals surface area contributed by atoms with Gasteiger partial charge in [0, 0.05) is 5.54 Å². The van der Waals surface area contributed by atoms with Gasteiger partial charge in [-0.25, -0.2) is 0 Å². The maximum atomic E-state index is 5.89. The quantitative estimate of drug-likeness (QED) is 0.280. The largest absolute Gasteiger partial charge is 0.496 e. The van der Waals surface area contributed by atoms with E-state index in [1.807, 2.05) is 0 Å². The Bertz CT molecular complexity index is 1260. The molecule has 0 aliphatic heterocycles. The minimum atomic E-state index is -2.77. The number of benzene rings is 3. The average Bonchev–Trinajstić information content (AvgIpc) is 3.09. The lowest BCUT2D eigenvalue weighted by Gasteiger charge is -2.41. The van der Waals surface area contributed by atoms with Crippen LogP contribution in [0.4, 0.5) is 0 Å². The van der Waals surface area contributed by atoms with Gasteiger partial charge in [0.1, 0.15) is 17.2 Å². The molecule has 0 spiro atoms. The Morgan fingerprint density at radius 1 is 0.486 bits per heavy atom. The number of ether oxygens (including phenoxy) is 3. The Hall–Kier alpha value is -3.24. The van der Waals surface area contributed by atoms with E-state index in [2.05, 4.69) is 103 Å². The van der Waals surface area contributed by atoms with Crippen LogP contribution in [-0.4, -0.2) is 29.4 Å². The number of hydrogen-bond acceptors (Lipinski definition) is 3. The van der Waals surface area contributed by atoms with Crippen LogP contribution in [0.3, 0.4) is 0 Å². The number of rotatable bonds is 7. The van der Waals surface area contributed by atoms with Gasteiger partial charge in [-0.3, -0.25) is 0 Å². The van der Waals surface area contributed by atoms with Crippen molar-refractivity contribution in [1.29, 1.82) is 0 Å². The number of methoxy groups -OCH3 is 3. The zero-order valence-corrected chi connectivity index (χ0v) is 25.0. The molecule has 3 nitrogen and oxygen atoms in total. The zero-order valence-electron chi connectivity index (χ0n) is 24.0. The topological polar surface area (TPSA) is 27.7 Å². The highest BCUT2D eigenvalue weighted by atomic mass is 28.3. The molecule has 0 N–H and O–H groups in total. The number of hydrogen-bond donors (Lipinski definition) is 0. The molecule has 0 heterocycles. The standard InChI is InChI=1S/C33H40O3Si/c1-20-11-14-27(17-30(20)34-8)37(28-15-12-21(2)31(18-28)35-9,29-16-13-22(3)32(19-29)36-10)33-25(6)23(4)24(5)26(33)7/h11-19,33H,1-10H3. The van der Waals surface area contributed by atoms with Gasteiger partial charge in [-0.2, -0.15) is 0 Å². The fraction of sp³-hybridized carbons (Fsp3) is 0.333. The summed E-state index contributed by atoms with van der Waals surface area (Å²) in [6.07, 6.45) is 0. The summed E-state index contributed by atoms with van der Waals surface area (Å²) in [5.74, 6) is 2.76. The van der Waals surface area contributed by atoms with Crippen LogP contribution >= 0.6 is 0 Å². The summed E-state index contributed by atoms with van der Waals surface area (Å²) in [7, 11) is 2.52. The predicted octanol–water partition coefficient (Wildman–Crippen LogP) is 6.16. The third-order valence-corrected chi connectivity index (χ3v) is 14.0. The van der Waals surface area contributed by atoms with E-state index in [9.17, 15) is 0 Å². The van der Waals surface area contributed by atoms with Gasteiger partial charge in [-0.05, 0) is 110 Å². The minimum Gasteiger partial charge on any atom is -0.496 e. The van der Waals surface area contributed by atoms with E-state index in [0.29, 0.717) is 0 Å². The molecule has 1 aliphatic carbocycles. The van der Waals surface area contributed by atoms with E-state index in [1.54, 1.807) is 21.3 Å². The van der Waals surface area contributed by atoms with E-state index < -0.39 is 8.07 Å². The molecule has 0 fully saturated rings. The van der Waals surface area contributed by atoms with Gasteiger partial charge < -0.3 is 14.2 Å². The van der Waals surface area contributed by atoms with Gasteiger partial charge in [0.25, 0.3) is 0 Å². The van der Waals surface area contributed by atoms with Crippen LogP contribution in [0.25, 0.3) is 0 Å². The molecule has 0 saturated carbocycles. The van der Waals surface area contributed by atoms with E-state index in [0.717, 1.165) is 33.9 Å². The highest BCUT2D eigenvalue weighted by Gasteiger charge is 2.51. The van der Waals surface area contributed by atoms with Crippen LogP contribution in [0.5, 0.6) is 17.2 Å². The van der Waals surface area contributed by atoms with Crippen molar-refractivity contribution < 1.29 is 14.2 Å². The second kappa shape index (κ2) is 10.3. The SMILES string of the molecule is COc1cc([Si](c2ccc(C)c(OC)c2)(c2ccc(C)c(OC)c2)C2C(C)=C(C)C(C)=C2C)ccc1C. The molecular weight excluding hydrogens is 472 g/mol. The second-order valence-electron chi connectivity index (χ2n) is 10.4. The van der Waals surface area contributed by atoms with Crippen molar-refractivity contribution in [3.8, 4) is 17.2 Å². The predicted molar refractivity (Wildman–Crippen MR) is 158 cm³/mol. The molecule has 4 heteroatoms. The summed E-state index contributed by atoms with van der Waals surface area (Å²) in [6.45, 7) is 15.5. The fourth-order valence-corrected chi connectivity index (χ4v) is 12.0. The minimum absolute atomic E-state index is 0.250. The second-order valence-corrected chi connectivity index (χ2v) is 14.3. The molecule has 0 bridgehead atoms. The summed E-state index contributed by atoms with van der Waals surface area (Å²) in [6, 6.07) is 20.4. The molecule has 194 valence electrons. The van der Waals surface area contributed by atoms with Gasteiger partial charge in [-0.15, -0.1) is 0 Å². The van der Waals surface area contributed by atoms with Crippen LogP contribution in [0, 0.1) is 20.8 Å². The Morgan fingerprint density at radius 3 is 1.05 bits per heavy atom. The maximum absolute atomic E-state index is 5.89. The van der Waals surface area contributed by atoms with E-state index >= 15 is 0 Å². The molecule has 3 aromatic carbocycles. The molecular formula is C33H40O3Si. The van der Waals surface area contributed by atoms with Crippen molar-refractivity contribution in [2.24, 2.45) is 0 Å². The van der Waals surface area contributed by atoms with Gasteiger partial charge in [0.2, 0.25) is 0 Å². The van der Waals surface area contributed by atoms with Crippen molar-refractivity contribution in [2.45, 2.75) is 54.0 Å².